The summed E-state index contributed by atoms with van der Waals surface area (Å²) in [5, 5.41) is 11.1. The van der Waals surface area contributed by atoms with E-state index in [2.05, 4.69) is 25.5 Å². The Balaban J connectivity index is 1.48. The molecule has 0 saturated heterocycles. The van der Waals surface area contributed by atoms with Gasteiger partial charge in [-0.1, -0.05) is 0 Å². The van der Waals surface area contributed by atoms with Crippen LogP contribution < -0.4 is 15.8 Å². The van der Waals surface area contributed by atoms with Crippen molar-refractivity contribution in [2.75, 3.05) is 11.1 Å². The van der Waals surface area contributed by atoms with Gasteiger partial charge in [-0.25, -0.2) is 14.4 Å². The molecular formula is C24H22FN7O2. The Hall–Kier alpha value is -4.34. The molecule has 0 saturated carbocycles. The molecule has 34 heavy (non-hydrogen) atoms. The highest BCUT2D eigenvalue weighted by Crippen LogP contribution is 2.39. The Kier molecular flexibility index (Phi) is 5.00. The van der Waals surface area contributed by atoms with E-state index in [1.807, 2.05) is 19.9 Å². The number of fused-ring (bicyclic) bond motifs is 1. The molecule has 1 aliphatic rings. The number of nitrogens with zero attached hydrogens (tertiary/aromatic N) is 5. The van der Waals surface area contributed by atoms with E-state index in [9.17, 15) is 9.18 Å². The molecule has 1 atom stereocenters. The van der Waals surface area contributed by atoms with Crippen LogP contribution in [-0.4, -0.2) is 30.9 Å². The topological polar surface area (TPSA) is 121 Å². The lowest BCUT2D eigenvalue weighted by atomic mass is 9.86. The molecule has 172 valence electrons. The van der Waals surface area contributed by atoms with E-state index in [4.69, 9.17) is 10.5 Å². The Morgan fingerprint density at radius 2 is 1.79 bits per heavy atom. The number of hydrogen-bond acceptors (Lipinski definition) is 7. The number of halogens is 1. The maximum Gasteiger partial charge on any atom is 0.235 e. The Labute approximate surface area is 194 Å². The third-order valence-electron chi connectivity index (χ3n) is 5.94. The van der Waals surface area contributed by atoms with Gasteiger partial charge >= 0.3 is 0 Å². The van der Waals surface area contributed by atoms with E-state index in [1.165, 1.54) is 16.9 Å². The number of pyridine rings is 2. The normalized spacial score (nSPS) is 15.0. The summed E-state index contributed by atoms with van der Waals surface area (Å²) in [4.78, 5) is 22.3. The highest BCUT2D eigenvalue weighted by Gasteiger charge is 2.39. The van der Waals surface area contributed by atoms with Gasteiger partial charge in [-0.05, 0) is 51.1 Å². The van der Waals surface area contributed by atoms with Gasteiger partial charge in [-0.15, -0.1) is 0 Å². The summed E-state index contributed by atoms with van der Waals surface area (Å²) < 4.78 is 20.2. The number of carbonyl (C=O) groups excluding carboxylic acids is 1. The first-order chi connectivity index (χ1) is 16.2. The standard InChI is InChI=1S/C24H22FN7O2/c1-13(17-10-16(25)4-5-19(17)32-29-6-7-30-32)34-20-9-15(11-27-21(20)26)14-8-18-22(28-12-14)31-23(33)24(18,2)3/h4-13H,1-3H3,(H2,26,27)(H,28,31,33)/t13-/m1/s1. The van der Waals surface area contributed by atoms with Crippen molar-refractivity contribution in [2.45, 2.75) is 32.3 Å². The van der Waals surface area contributed by atoms with Crippen molar-refractivity contribution in [1.29, 1.82) is 0 Å². The van der Waals surface area contributed by atoms with E-state index < -0.39 is 17.3 Å². The van der Waals surface area contributed by atoms with Crippen LogP contribution in [0.15, 0.2) is 55.1 Å². The molecule has 0 aliphatic carbocycles. The maximum atomic E-state index is 14.1. The summed E-state index contributed by atoms with van der Waals surface area (Å²) >= 11 is 0. The fourth-order valence-corrected chi connectivity index (χ4v) is 3.92. The number of carbonyl (C=O) groups is 1. The van der Waals surface area contributed by atoms with Crippen molar-refractivity contribution in [1.82, 2.24) is 25.0 Å². The maximum absolute atomic E-state index is 14.1. The minimum absolute atomic E-state index is 0.0991. The lowest BCUT2D eigenvalue weighted by Crippen LogP contribution is -2.26. The minimum Gasteiger partial charge on any atom is -0.482 e. The highest BCUT2D eigenvalue weighted by molar-refractivity contribution is 6.05. The van der Waals surface area contributed by atoms with Crippen LogP contribution in [0.4, 0.5) is 16.0 Å². The molecule has 4 aromatic rings. The molecule has 0 bridgehead atoms. The van der Waals surface area contributed by atoms with Gasteiger partial charge in [0, 0.05) is 34.6 Å². The SMILES string of the molecule is C[C@@H](Oc1cc(-c2cnc3c(c2)C(C)(C)C(=O)N3)cnc1N)c1cc(F)ccc1-n1nccn1. The first-order valence-electron chi connectivity index (χ1n) is 10.6. The average molecular weight is 459 g/mol. The summed E-state index contributed by atoms with van der Waals surface area (Å²) in [6.45, 7) is 5.48. The van der Waals surface area contributed by atoms with Gasteiger partial charge < -0.3 is 15.8 Å². The summed E-state index contributed by atoms with van der Waals surface area (Å²) in [7, 11) is 0. The number of rotatable bonds is 5. The van der Waals surface area contributed by atoms with Crippen LogP contribution in [0, 0.1) is 5.82 Å². The Bertz CT molecular complexity index is 1400. The third-order valence-corrected chi connectivity index (χ3v) is 5.94. The summed E-state index contributed by atoms with van der Waals surface area (Å²) in [6.07, 6.45) is 5.77. The first kappa shape index (κ1) is 21.5. The molecule has 0 fully saturated rings. The number of nitrogens with one attached hydrogen (secondary N) is 1. The first-order valence-corrected chi connectivity index (χ1v) is 10.6. The Morgan fingerprint density at radius 3 is 2.56 bits per heavy atom. The zero-order valence-corrected chi connectivity index (χ0v) is 18.8. The zero-order valence-electron chi connectivity index (χ0n) is 18.8. The molecule has 4 heterocycles. The molecule has 1 aliphatic heterocycles. The second-order valence-electron chi connectivity index (χ2n) is 8.59. The quantitative estimate of drug-likeness (QED) is 0.465. The number of nitrogens with two attached hydrogens (primary N) is 1. The van der Waals surface area contributed by atoms with Crippen molar-refractivity contribution in [3.8, 4) is 22.6 Å². The van der Waals surface area contributed by atoms with Crippen LogP contribution in [-0.2, 0) is 10.2 Å². The van der Waals surface area contributed by atoms with Crippen LogP contribution in [0.1, 0.15) is 38.0 Å². The van der Waals surface area contributed by atoms with Crippen LogP contribution >= 0.6 is 0 Å². The molecule has 9 nitrogen and oxygen atoms in total. The summed E-state index contributed by atoms with van der Waals surface area (Å²) in [6, 6.07) is 7.98. The summed E-state index contributed by atoms with van der Waals surface area (Å²) in [5.74, 6) is 0.576. The number of nitrogen functional groups attached to an aromatic ring is 1. The van der Waals surface area contributed by atoms with Crippen molar-refractivity contribution >= 4 is 17.5 Å². The second kappa shape index (κ2) is 7.91. The van der Waals surface area contributed by atoms with Gasteiger partial charge in [0.25, 0.3) is 0 Å². The van der Waals surface area contributed by atoms with Gasteiger partial charge in [-0.2, -0.15) is 15.0 Å². The number of amides is 1. The lowest BCUT2D eigenvalue weighted by molar-refractivity contribution is -0.119. The number of hydrogen-bond donors (Lipinski definition) is 2. The molecule has 3 aromatic heterocycles. The van der Waals surface area contributed by atoms with E-state index in [1.54, 1.807) is 43.8 Å². The van der Waals surface area contributed by atoms with Crippen molar-refractivity contribution in [3.05, 3.63) is 72.1 Å². The molecular weight excluding hydrogens is 437 g/mol. The fraction of sp³-hybridized carbons (Fsp3) is 0.208. The lowest BCUT2D eigenvalue weighted by Gasteiger charge is -2.19. The second-order valence-corrected chi connectivity index (χ2v) is 8.59. The zero-order chi connectivity index (χ0) is 24.0. The Morgan fingerprint density at radius 1 is 1.09 bits per heavy atom. The molecule has 1 amide bonds. The molecule has 0 spiro atoms. The van der Waals surface area contributed by atoms with Crippen LogP contribution in [0.2, 0.25) is 0 Å². The smallest absolute Gasteiger partial charge is 0.235 e. The minimum atomic E-state index is -0.693. The van der Waals surface area contributed by atoms with E-state index in [0.29, 0.717) is 22.8 Å². The monoisotopic (exact) mass is 459 g/mol. The molecule has 1 aromatic carbocycles. The predicted molar refractivity (Wildman–Crippen MR) is 124 cm³/mol. The molecule has 3 N–H and O–H groups in total. The molecule has 5 rings (SSSR count). The predicted octanol–water partition coefficient (Wildman–Crippen LogP) is 3.82. The number of anilines is 2. The molecule has 0 radical (unpaired) electrons. The summed E-state index contributed by atoms with van der Waals surface area (Å²) in [5.41, 5.74) is 8.83. The number of aromatic nitrogens is 5. The van der Waals surface area contributed by atoms with Crippen LogP contribution in [0.25, 0.3) is 16.8 Å². The molecule has 10 heteroatoms. The van der Waals surface area contributed by atoms with E-state index >= 15 is 0 Å². The van der Waals surface area contributed by atoms with Gasteiger partial charge in [0.05, 0.1) is 23.5 Å². The largest absolute Gasteiger partial charge is 0.482 e. The van der Waals surface area contributed by atoms with Crippen molar-refractivity contribution in [3.63, 3.8) is 0 Å². The number of benzene rings is 1. The average Bonchev–Trinajstić information content (AvgIpc) is 3.42. The van der Waals surface area contributed by atoms with Gasteiger partial charge in [0.2, 0.25) is 5.91 Å². The third kappa shape index (κ3) is 3.62. The van der Waals surface area contributed by atoms with Crippen LogP contribution in [0.5, 0.6) is 5.75 Å². The van der Waals surface area contributed by atoms with E-state index in [0.717, 1.165) is 16.7 Å². The van der Waals surface area contributed by atoms with Gasteiger partial charge in [-0.3, -0.25) is 4.79 Å². The van der Waals surface area contributed by atoms with Crippen LogP contribution in [0.3, 0.4) is 0 Å². The van der Waals surface area contributed by atoms with Gasteiger partial charge in [0.1, 0.15) is 17.7 Å². The fourth-order valence-electron chi connectivity index (χ4n) is 3.92. The van der Waals surface area contributed by atoms with Crippen molar-refractivity contribution in [2.24, 2.45) is 0 Å². The number of ether oxygens (including phenoxy) is 1. The van der Waals surface area contributed by atoms with E-state index in [-0.39, 0.29) is 11.7 Å². The van der Waals surface area contributed by atoms with Crippen molar-refractivity contribution < 1.29 is 13.9 Å². The van der Waals surface area contributed by atoms with Gasteiger partial charge in [0.15, 0.2) is 11.6 Å². The highest BCUT2D eigenvalue weighted by atomic mass is 19.1. The molecule has 0 unspecified atom stereocenters.